The van der Waals surface area contributed by atoms with Crippen LogP contribution >= 0.6 is 0 Å². The number of carbonyl (C=O) groups excluding carboxylic acids is 1. The molecule has 58 heavy (non-hydrogen) atoms. The second-order valence-corrected chi connectivity index (χ2v) is 13.2. The predicted octanol–water partition coefficient (Wildman–Crippen LogP) is 12.4. The summed E-state index contributed by atoms with van der Waals surface area (Å²) in [5.74, 6) is 3.89. The lowest BCUT2D eigenvalue weighted by Gasteiger charge is -2.14. The van der Waals surface area contributed by atoms with Gasteiger partial charge in [-0.05, 0) is 167 Å². The van der Waals surface area contributed by atoms with Crippen molar-refractivity contribution in [1.29, 1.82) is 0 Å². The number of carbonyl (C=O) groups is 1. The second-order valence-electron chi connectivity index (χ2n) is 13.2. The molecule has 0 heterocycles. The van der Waals surface area contributed by atoms with Crippen LogP contribution in [-0.2, 0) is 4.74 Å². The third kappa shape index (κ3) is 14.9. The molecule has 0 aliphatic carbocycles. The smallest absolute Gasteiger partial charge is 0.337 e. The minimum Gasteiger partial charge on any atom is -0.497 e. The molecule has 12 nitrogen and oxygen atoms in total. The highest BCUT2D eigenvalue weighted by Crippen LogP contribution is 2.30. The van der Waals surface area contributed by atoms with Crippen molar-refractivity contribution in [1.82, 2.24) is 0 Å². The summed E-state index contributed by atoms with van der Waals surface area (Å²) >= 11 is 0. The van der Waals surface area contributed by atoms with E-state index in [2.05, 4.69) is 20.5 Å². The molecule has 5 aromatic carbocycles. The van der Waals surface area contributed by atoms with Gasteiger partial charge in [-0.1, -0.05) is 0 Å². The van der Waals surface area contributed by atoms with E-state index >= 15 is 0 Å². The van der Waals surface area contributed by atoms with Gasteiger partial charge in [-0.15, -0.1) is 0 Å². The van der Waals surface area contributed by atoms with Crippen LogP contribution in [0, 0.1) is 0 Å². The first-order chi connectivity index (χ1) is 28.5. The highest BCUT2D eigenvalue weighted by atomic mass is 16.5. The van der Waals surface area contributed by atoms with Crippen molar-refractivity contribution in [3.63, 3.8) is 0 Å². The molecule has 0 N–H and O–H groups in total. The molecule has 5 rings (SSSR count). The number of benzene rings is 5. The fraction of sp³-hybridized carbons (Fsp3) is 0.326. The Balaban J connectivity index is 0.929. The second kappa shape index (κ2) is 24.3. The van der Waals surface area contributed by atoms with Crippen LogP contribution in [0.5, 0.6) is 34.5 Å². The molecule has 0 aliphatic rings. The summed E-state index contributed by atoms with van der Waals surface area (Å²) in [4.78, 5) is 12.2. The highest BCUT2D eigenvalue weighted by Gasteiger charge is 2.12. The Morgan fingerprint density at radius 3 is 1.10 bits per heavy atom. The maximum atomic E-state index is 12.2. The van der Waals surface area contributed by atoms with E-state index in [0.29, 0.717) is 43.5 Å². The summed E-state index contributed by atoms with van der Waals surface area (Å²) < 4.78 is 39.3. The van der Waals surface area contributed by atoms with E-state index < -0.39 is 5.97 Å². The maximum absolute atomic E-state index is 12.2. The largest absolute Gasteiger partial charge is 0.497 e. The van der Waals surface area contributed by atoms with Crippen molar-refractivity contribution in [3.05, 3.63) is 121 Å². The molecule has 0 saturated heterocycles. The SMILES string of the molecule is COC(=O)c1ccc(OCCCCCCOc2ccc(N=Nc3ccc(OC)cc3)cc2)c(OCCCCCCOc2ccc(N=Nc3ccc(OC)cc3)cc2)c1. The van der Waals surface area contributed by atoms with E-state index in [0.717, 1.165) is 97.1 Å². The Morgan fingerprint density at radius 1 is 0.397 bits per heavy atom. The Morgan fingerprint density at radius 2 is 0.741 bits per heavy atom. The summed E-state index contributed by atoms with van der Waals surface area (Å²) in [5.41, 5.74) is 3.42. The van der Waals surface area contributed by atoms with Gasteiger partial charge in [0, 0.05) is 0 Å². The van der Waals surface area contributed by atoms with Crippen LogP contribution in [-0.4, -0.2) is 53.7 Å². The number of esters is 1. The lowest BCUT2D eigenvalue weighted by molar-refractivity contribution is 0.0600. The first-order valence-corrected chi connectivity index (χ1v) is 19.6. The van der Waals surface area contributed by atoms with Gasteiger partial charge in [0.25, 0.3) is 0 Å². The number of azo groups is 2. The average Bonchev–Trinajstić information content (AvgIpc) is 3.27. The summed E-state index contributed by atoms with van der Waals surface area (Å²) in [6, 6.07) is 35.1. The summed E-state index contributed by atoms with van der Waals surface area (Å²) in [6.45, 7) is 2.29. The molecule has 0 aromatic heterocycles. The van der Waals surface area contributed by atoms with Crippen LogP contribution in [0.4, 0.5) is 22.7 Å². The fourth-order valence-electron chi connectivity index (χ4n) is 5.59. The van der Waals surface area contributed by atoms with E-state index in [1.54, 1.807) is 32.4 Å². The first kappa shape index (κ1) is 42.7. The van der Waals surface area contributed by atoms with E-state index in [-0.39, 0.29) is 0 Å². The summed E-state index contributed by atoms with van der Waals surface area (Å²) in [6.07, 6.45) is 7.58. The zero-order valence-corrected chi connectivity index (χ0v) is 33.5. The zero-order valence-electron chi connectivity index (χ0n) is 33.5. The number of unbranched alkanes of at least 4 members (excludes halogenated alkanes) is 6. The first-order valence-electron chi connectivity index (χ1n) is 19.6. The van der Waals surface area contributed by atoms with E-state index in [4.69, 9.17) is 33.2 Å². The molecule has 304 valence electrons. The molecular weight excluding hydrogens is 737 g/mol. The van der Waals surface area contributed by atoms with Gasteiger partial charge >= 0.3 is 5.97 Å². The molecule has 0 aliphatic heterocycles. The van der Waals surface area contributed by atoms with Crippen LogP contribution in [0.15, 0.2) is 136 Å². The van der Waals surface area contributed by atoms with E-state index in [1.165, 1.54) is 7.11 Å². The Hall–Kier alpha value is -6.43. The minimum atomic E-state index is -0.419. The molecule has 0 atom stereocenters. The predicted molar refractivity (Wildman–Crippen MR) is 224 cm³/mol. The van der Waals surface area contributed by atoms with Gasteiger partial charge < -0.3 is 33.2 Å². The monoisotopic (exact) mass is 788 g/mol. The fourth-order valence-corrected chi connectivity index (χ4v) is 5.59. The van der Waals surface area contributed by atoms with Crippen LogP contribution in [0.25, 0.3) is 0 Å². The highest BCUT2D eigenvalue weighted by molar-refractivity contribution is 5.90. The van der Waals surface area contributed by atoms with Crippen molar-refractivity contribution in [2.75, 3.05) is 47.8 Å². The molecule has 0 saturated carbocycles. The maximum Gasteiger partial charge on any atom is 0.337 e. The van der Waals surface area contributed by atoms with Gasteiger partial charge in [0.1, 0.15) is 23.0 Å². The molecule has 0 amide bonds. The van der Waals surface area contributed by atoms with Gasteiger partial charge in [-0.3, -0.25) is 0 Å². The van der Waals surface area contributed by atoms with E-state index in [1.807, 2.05) is 97.1 Å². The van der Waals surface area contributed by atoms with E-state index in [9.17, 15) is 4.79 Å². The molecule has 0 radical (unpaired) electrons. The van der Waals surface area contributed by atoms with Crippen LogP contribution in [0.2, 0.25) is 0 Å². The van der Waals surface area contributed by atoms with Crippen molar-refractivity contribution in [2.45, 2.75) is 51.4 Å². The molecular formula is C46H52N4O8. The van der Waals surface area contributed by atoms with Gasteiger partial charge in [0.2, 0.25) is 0 Å². The number of rotatable bonds is 25. The molecule has 0 bridgehead atoms. The Bertz CT molecular complexity index is 2000. The standard InChI is InChI=1S/C46H52N4O8/c1-52-40-21-13-36(14-22-40)47-49-38-17-25-42(26-18-38)55-30-8-4-6-10-32-57-44-29-12-35(46(51)54-3)34-45(44)58-33-11-7-5-9-31-56-43-27-19-39(20-28-43)50-48-37-15-23-41(53-2)24-16-37/h12-29,34H,4-11,30-33H2,1-3H3. The lowest BCUT2D eigenvalue weighted by Crippen LogP contribution is -2.06. The molecule has 12 heteroatoms. The number of ether oxygens (including phenoxy) is 7. The van der Waals surface area contributed by atoms with Crippen LogP contribution < -0.4 is 28.4 Å². The van der Waals surface area contributed by atoms with Crippen LogP contribution in [0.3, 0.4) is 0 Å². The van der Waals surface area contributed by atoms with Gasteiger partial charge in [0.15, 0.2) is 11.5 Å². The minimum absolute atomic E-state index is 0.419. The number of methoxy groups -OCH3 is 3. The van der Waals surface area contributed by atoms with Crippen molar-refractivity contribution < 1.29 is 38.0 Å². The van der Waals surface area contributed by atoms with Crippen molar-refractivity contribution in [2.24, 2.45) is 20.5 Å². The van der Waals surface area contributed by atoms with Crippen molar-refractivity contribution in [3.8, 4) is 34.5 Å². The number of hydrogen-bond acceptors (Lipinski definition) is 12. The van der Waals surface area contributed by atoms with Crippen molar-refractivity contribution >= 4 is 28.7 Å². The average molecular weight is 789 g/mol. The normalized spacial score (nSPS) is 11.1. The van der Waals surface area contributed by atoms with Gasteiger partial charge in [-0.25, -0.2) is 4.79 Å². The summed E-state index contributed by atoms with van der Waals surface area (Å²) in [5, 5.41) is 17.1. The third-order valence-corrected chi connectivity index (χ3v) is 8.87. The van der Waals surface area contributed by atoms with Gasteiger partial charge in [0.05, 0.1) is 76.1 Å². The molecule has 5 aromatic rings. The number of nitrogens with zero attached hydrogens (tertiary/aromatic N) is 4. The quantitative estimate of drug-likeness (QED) is 0.0324. The lowest BCUT2D eigenvalue weighted by atomic mass is 10.2. The Kier molecular flexibility index (Phi) is 17.9. The zero-order chi connectivity index (χ0) is 40.6. The molecule has 0 fully saturated rings. The third-order valence-electron chi connectivity index (χ3n) is 8.87. The van der Waals surface area contributed by atoms with Crippen LogP contribution in [0.1, 0.15) is 61.7 Å². The number of hydrogen-bond donors (Lipinski definition) is 0. The Labute approximate surface area is 340 Å². The molecule has 0 unspecified atom stereocenters. The van der Waals surface area contributed by atoms with Gasteiger partial charge in [-0.2, -0.15) is 20.5 Å². The molecule has 0 spiro atoms. The topological polar surface area (TPSA) is 131 Å². The summed E-state index contributed by atoms with van der Waals surface area (Å²) in [7, 11) is 4.63.